The van der Waals surface area contributed by atoms with Gasteiger partial charge in [0.2, 0.25) is 0 Å². The molecule has 0 fully saturated rings. The highest BCUT2D eigenvalue weighted by Crippen LogP contribution is 2.23. The quantitative estimate of drug-likeness (QED) is 0.673. The predicted octanol–water partition coefficient (Wildman–Crippen LogP) is 4.17. The number of rotatable bonds is 4. The average molecular weight is 277 g/mol. The summed E-state index contributed by atoms with van der Waals surface area (Å²) in [6.45, 7) is 2.42. The van der Waals surface area contributed by atoms with Gasteiger partial charge < -0.3 is 5.32 Å². The fourth-order valence-corrected chi connectivity index (χ4v) is 1.99. The molecule has 0 radical (unpaired) electrons. The van der Waals surface area contributed by atoms with E-state index in [0.29, 0.717) is 11.6 Å². The van der Waals surface area contributed by atoms with Crippen molar-refractivity contribution in [3.8, 4) is 0 Å². The molecule has 0 saturated carbocycles. The molecule has 0 unspecified atom stereocenters. The number of aryl methyl sites for hydroxylation is 1. The van der Waals surface area contributed by atoms with E-state index in [9.17, 15) is 10.1 Å². The number of non-ortho nitro benzene ring substituents is 1. The van der Waals surface area contributed by atoms with E-state index in [1.807, 2.05) is 31.2 Å². The summed E-state index contributed by atoms with van der Waals surface area (Å²) in [7, 11) is 0. The van der Waals surface area contributed by atoms with Crippen LogP contribution in [0.4, 0.5) is 11.4 Å². The average Bonchev–Trinajstić information content (AvgIpc) is 2.39. The van der Waals surface area contributed by atoms with Crippen LogP contribution in [0.2, 0.25) is 5.02 Å². The minimum absolute atomic E-state index is 0.0980. The molecule has 0 aliphatic heterocycles. The van der Waals surface area contributed by atoms with Gasteiger partial charge in [0.05, 0.1) is 4.92 Å². The maximum Gasteiger partial charge on any atom is 0.269 e. The zero-order valence-corrected chi connectivity index (χ0v) is 11.1. The Balaban J connectivity index is 2.12. The van der Waals surface area contributed by atoms with Crippen LogP contribution in [0.25, 0.3) is 0 Å². The topological polar surface area (TPSA) is 55.2 Å². The molecule has 2 rings (SSSR count). The molecule has 1 N–H and O–H groups in total. The molecule has 4 nitrogen and oxygen atoms in total. The van der Waals surface area contributed by atoms with Crippen molar-refractivity contribution in [3.05, 3.63) is 68.7 Å². The van der Waals surface area contributed by atoms with Gasteiger partial charge in [-0.2, -0.15) is 0 Å². The van der Waals surface area contributed by atoms with Crippen molar-refractivity contribution in [2.24, 2.45) is 0 Å². The van der Waals surface area contributed by atoms with E-state index in [-0.39, 0.29) is 5.69 Å². The molecule has 0 aliphatic rings. The van der Waals surface area contributed by atoms with Crippen LogP contribution in [0.3, 0.4) is 0 Å². The van der Waals surface area contributed by atoms with Crippen LogP contribution < -0.4 is 5.32 Å². The zero-order chi connectivity index (χ0) is 13.8. The molecule has 2 aromatic rings. The van der Waals surface area contributed by atoms with E-state index in [0.717, 1.165) is 16.8 Å². The second kappa shape index (κ2) is 5.71. The predicted molar refractivity (Wildman–Crippen MR) is 76.6 cm³/mol. The maximum absolute atomic E-state index is 10.7. The molecule has 0 aromatic heterocycles. The summed E-state index contributed by atoms with van der Waals surface area (Å²) < 4.78 is 0. The number of nitrogens with one attached hydrogen (secondary N) is 1. The number of nitro groups is 1. The Labute approximate surface area is 116 Å². The molecule has 0 spiro atoms. The lowest BCUT2D eigenvalue weighted by atomic mass is 10.1. The number of anilines is 1. The third-order valence-corrected chi connectivity index (χ3v) is 3.22. The van der Waals surface area contributed by atoms with Crippen LogP contribution in [0.5, 0.6) is 0 Å². The van der Waals surface area contributed by atoms with E-state index in [1.54, 1.807) is 12.1 Å². The first-order chi connectivity index (χ1) is 9.08. The van der Waals surface area contributed by atoms with Gasteiger partial charge in [0.1, 0.15) is 0 Å². The van der Waals surface area contributed by atoms with Gasteiger partial charge in [0, 0.05) is 29.4 Å². The van der Waals surface area contributed by atoms with Crippen LogP contribution in [0.1, 0.15) is 11.1 Å². The first-order valence-corrected chi connectivity index (χ1v) is 6.18. The minimum Gasteiger partial charge on any atom is -0.381 e. The van der Waals surface area contributed by atoms with Gasteiger partial charge in [-0.15, -0.1) is 0 Å². The highest BCUT2D eigenvalue weighted by molar-refractivity contribution is 6.31. The van der Waals surface area contributed by atoms with Crippen LogP contribution in [-0.4, -0.2) is 4.92 Å². The standard InChI is InChI=1S/C14H13ClN2O2/c1-10-8-12(17(18)19)6-7-14(10)16-9-11-4-2-3-5-13(11)15/h2-8,16H,9H2,1H3. The number of hydrogen-bond acceptors (Lipinski definition) is 3. The highest BCUT2D eigenvalue weighted by atomic mass is 35.5. The van der Waals surface area contributed by atoms with E-state index in [2.05, 4.69) is 5.32 Å². The van der Waals surface area contributed by atoms with E-state index in [1.165, 1.54) is 6.07 Å². The lowest BCUT2D eigenvalue weighted by Gasteiger charge is -2.10. The molecule has 0 atom stereocenters. The molecule has 0 amide bonds. The fourth-order valence-electron chi connectivity index (χ4n) is 1.79. The monoisotopic (exact) mass is 276 g/mol. The molecule has 0 heterocycles. The van der Waals surface area contributed by atoms with Crippen LogP contribution in [-0.2, 0) is 6.54 Å². The van der Waals surface area contributed by atoms with Crippen LogP contribution in [0, 0.1) is 17.0 Å². The van der Waals surface area contributed by atoms with Gasteiger partial charge in [-0.05, 0) is 30.2 Å². The van der Waals surface area contributed by atoms with Crippen molar-refractivity contribution in [2.75, 3.05) is 5.32 Å². The van der Waals surface area contributed by atoms with Gasteiger partial charge >= 0.3 is 0 Å². The van der Waals surface area contributed by atoms with Crippen LogP contribution >= 0.6 is 11.6 Å². The smallest absolute Gasteiger partial charge is 0.269 e. The SMILES string of the molecule is Cc1cc([N+](=O)[O-])ccc1NCc1ccccc1Cl. The summed E-state index contributed by atoms with van der Waals surface area (Å²) in [5.74, 6) is 0. The summed E-state index contributed by atoms with van der Waals surface area (Å²) in [6, 6.07) is 12.3. The fraction of sp³-hybridized carbons (Fsp3) is 0.143. The molecule has 98 valence electrons. The van der Waals surface area contributed by atoms with E-state index in [4.69, 9.17) is 11.6 Å². The van der Waals surface area contributed by atoms with Gasteiger partial charge in [-0.1, -0.05) is 29.8 Å². The van der Waals surface area contributed by atoms with Crippen molar-refractivity contribution in [1.29, 1.82) is 0 Å². The van der Waals surface area contributed by atoms with Gasteiger partial charge in [0.15, 0.2) is 0 Å². The largest absolute Gasteiger partial charge is 0.381 e. The summed E-state index contributed by atoms with van der Waals surface area (Å²) in [6.07, 6.45) is 0. The Bertz CT molecular complexity index is 614. The summed E-state index contributed by atoms with van der Waals surface area (Å²) in [5.41, 5.74) is 2.79. The maximum atomic E-state index is 10.7. The number of benzene rings is 2. The molecule has 2 aromatic carbocycles. The number of hydrogen-bond donors (Lipinski definition) is 1. The minimum atomic E-state index is -0.398. The second-order valence-corrected chi connectivity index (χ2v) is 4.61. The molecule has 19 heavy (non-hydrogen) atoms. The van der Waals surface area contributed by atoms with Crippen LogP contribution in [0.15, 0.2) is 42.5 Å². The number of halogens is 1. The normalized spacial score (nSPS) is 10.2. The summed E-state index contributed by atoms with van der Waals surface area (Å²) in [5, 5.41) is 14.6. The molecule has 5 heteroatoms. The lowest BCUT2D eigenvalue weighted by molar-refractivity contribution is -0.384. The molecular weight excluding hydrogens is 264 g/mol. The van der Waals surface area contributed by atoms with Crippen molar-refractivity contribution in [1.82, 2.24) is 0 Å². The highest BCUT2D eigenvalue weighted by Gasteiger charge is 2.08. The van der Waals surface area contributed by atoms with Gasteiger partial charge in [0.25, 0.3) is 5.69 Å². The summed E-state index contributed by atoms with van der Waals surface area (Å²) in [4.78, 5) is 10.3. The Morgan fingerprint density at radius 2 is 2.00 bits per heavy atom. The first-order valence-electron chi connectivity index (χ1n) is 5.80. The Morgan fingerprint density at radius 3 is 2.63 bits per heavy atom. The molecule has 0 bridgehead atoms. The van der Waals surface area contributed by atoms with Gasteiger partial charge in [-0.25, -0.2) is 0 Å². The third-order valence-electron chi connectivity index (χ3n) is 2.85. The van der Waals surface area contributed by atoms with Crippen molar-refractivity contribution in [2.45, 2.75) is 13.5 Å². The van der Waals surface area contributed by atoms with E-state index >= 15 is 0 Å². The second-order valence-electron chi connectivity index (χ2n) is 4.20. The first kappa shape index (κ1) is 13.4. The lowest BCUT2D eigenvalue weighted by Crippen LogP contribution is -2.02. The zero-order valence-electron chi connectivity index (χ0n) is 10.4. The molecular formula is C14H13ClN2O2. The number of nitro benzene ring substituents is 1. The van der Waals surface area contributed by atoms with Crippen molar-refractivity contribution < 1.29 is 4.92 Å². The van der Waals surface area contributed by atoms with Gasteiger partial charge in [-0.3, -0.25) is 10.1 Å². The third kappa shape index (κ3) is 3.23. The Hall–Kier alpha value is -2.07. The Morgan fingerprint density at radius 1 is 1.26 bits per heavy atom. The summed E-state index contributed by atoms with van der Waals surface area (Å²) >= 11 is 6.07. The Kier molecular flexibility index (Phi) is 4.02. The van der Waals surface area contributed by atoms with Crippen molar-refractivity contribution >= 4 is 23.0 Å². The van der Waals surface area contributed by atoms with E-state index < -0.39 is 4.92 Å². The molecule has 0 saturated heterocycles. The number of nitrogens with zero attached hydrogens (tertiary/aromatic N) is 1. The molecule has 0 aliphatic carbocycles. The van der Waals surface area contributed by atoms with Crippen molar-refractivity contribution in [3.63, 3.8) is 0 Å².